The summed E-state index contributed by atoms with van der Waals surface area (Å²) in [5.41, 5.74) is 0.447. The van der Waals surface area contributed by atoms with Crippen molar-refractivity contribution in [2.75, 3.05) is 19.6 Å². The molecule has 1 atom stereocenters. The van der Waals surface area contributed by atoms with Gasteiger partial charge in [-0.05, 0) is 31.8 Å². The lowest BCUT2D eigenvalue weighted by Crippen LogP contribution is -2.44. The summed E-state index contributed by atoms with van der Waals surface area (Å²) in [5.74, 6) is 0.222. The van der Waals surface area contributed by atoms with E-state index in [1.165, 1.54) is 0 Å². The largest absolute Gasteiger partial charge is 0.415 e. The summed E-state index contributed by atoms with van der Waals surface area (Å²) in [7, 11) is 0. The van der Waals surface area contributed by atoms with E-state index < -0.39 is 18.8 Å². The summed E-state index contributed by atoms with van der Waals surface area (Å²) < 4.78 is 38.8. The van der Waals surface area contributed by atoms with E-state index in [0.717, 1.165) is 5.69 Å². The lowest BCUT2D eigenvalue weighted by atomic mass is 9.92. The van der Waals surface area contributed by atoms with Gasteiger partial charge in [0, 0.05) is 24.6 Å². The second-order valence-electron chi connectivity index (χ2n) is 7.82. The minimum atomic E-state index is -4.58. The highest BCUT2D eigenvalue weighted by atomic mass is 19.4. The molecule has 1 saturated heterocycles. The van der Waals surface area contributed by atoms with Gasteiger partial charge in [0.1, 0.15) is 0 Å². The molecule has 0 bridgehead atoms. The number of rotatable bonds is 4. The molecule has 2 rings (SSSR count). The molecule has 8 heteroatoms. The molecule has 0 aromatic carbocycles. The summed E-state index contributed by atoms with van der Waals surface area (Å²) in [6.07, 6.45) is -3.94. The van der Waals surface area contributed by atoms with Crippen LogP contribution in [-0.2, 0) is 12.0 Å². The van der Waals surface area contributed by atoms with Crippen LogP contribution in [0, 0.1) is 5.92 Å². The van der Waals surface area contributed by atoms with Crippen LogP contribution in [0.3, 0.4) is 0 Å². The van der Waals surface area contributed by atoms with Crippen molar-refractivity contribution in [3.63, 3.8) is 0 Å². The van der Waals surface area contributed by atoms with Crippen molar-refractivity contribution < 1.29 is 18.3 Å². The molecule has 0 amide bonds. The van der Waals surface area contributed by atoms with Gasteiger partial charge in [-0.3, -0.25) is 9.36 Å². The third kappa shape index (κ3) is 5.54. The van der Waals surface area contributed by atoms with Gasteiger partial charge in [-0.2, -0.15) is 13.2 Å². The Bertz CT molecular complexity index is 629. The number of aliphatic hydroxyl groups is 1. The first-order chi connectivity index (χ1) is 11.5. The fraction of sp³-hybridized carbons (Fsp3) is 0.765. The predicted octanol–water partition coefficient (Wildman–Crippen LogP) is 2.18. The molecular formula is C17H26F3N3O2. The Balaban J connectivity index is 1.89. The lowest BCUT2D eigenvalue weighted by molar-refractivity contribution is -0.208. The molecule has 1 aliphatic rings. The van der Waals surface area contributed by atoms with E-state index in [4.69, 9.17) is 5.11 Å². The number of β-amino-alcohol motifs (C(OH)–C–C–N with tert-alkyl or cyclic N) is 1. The van der Waals surface area contributed by atoms with Crippen LogP contribution in [0.1, 0.15) is 39.3 Å². The lowest BCUT2D eigenvalue weighted by Gasteiger charge is -2.33. The highest BCUT2D eigenvalue weighted by Gasteiger charge is 2.39. The quantitative estimate of drug-likeness (QED) is 0.893. The van der Waals surface area contributed by atoms with Crippen molar-refractivity contribution in [3.8, 4) is 0 Å². The molecule has 1 aromatic heterocycles. The van der Waals surface area contributed by atoms with Gasteiger partial charge in [-0.15, -0.1) is 0 Å². The van der Waals surface area contributed by atoms with Crippen molar-refractivity contribution in [1.82, 2.24) is 14.5 Å². The van der Waals surface area contributed by atoms with Crippen LogP contribution in [0.5, 0.6) is 0 Å². The van der Waals surface area contributed by atoms with Gasteiger partial charge in [-0.25, -0.2) is 4.98 Å². The highest BCUT2D eigenvalue weighted by Crippen LogP contribution is 2.24. The Kier molecular flexibility index (Phi) is 5.93. The molecule has 5 nitrogen and oxygen atoms in total. The van der Waals surface area contributed by atoms with Gasteiger partial charge >= 0.3 is 6.18 Å². The van der Waals surface area contributed by atoms with Crippen LogP contribution in [0.2, 0.25) is 0 Å². The number of likely N-dealkylation sites (tertiary alicyclic amines) is 1. The average Bonchev–Trinajstić information content (AvgIpc) is 2.49. The third-order valence-electron chi connectivity index (χ3n) is 4.62. The van der Waals surface area contributed by atoms with Crippen LogP contribution in [0.25, 0.3) is 0 Å². The highest BCUT2D eigenvalue weighted by molar-refractivity contribution is 5.10. The van der Waals surface area contributed by atoms with E-state index in [1.807, 2.05) is 20.8 Å². The maximum atomic E-state index is 12.4. The number of alkyl halides is 3. The second-order valence-corrected chi connectivity index (χ2v) is 7.82. The molecule has 25 heavy (non-hydrogen) atoms. The fourth-order valence-corrected chi connectivity index (χ4v) is 2.95. The summed E-state index contributed by atoms with van der Waals surface area (Å²) in [5, 5.41) is 9.15. The van der Waals surface area contributed by atoms with E-state index in [1.54, 1.807) is 21.9 Å². The normalized spacial score (nSPS) is 19.2. The SMILES string of the molecule is CC(C)(C)c1cc(=O)n(CC2CCN(CC(O)C(F)(F)F)CC2)cn1. The zero-order valence-electron chi connectivity index (χ0n) is 14.9. The first-order valence-electron chi connectivity index (χ1n) is 8.51. The van der Waals surface area contributed by atoms with Gasteiger partial charge < -0.3 is 10.0 Å². The Labute approximate surface area is 145 Å². The van der Waals surface area contributed by atoms with Crippen LogP contribution in [0.15, 0.2) is 17.2 Å². The fourth-order valence-electron chi connectivity index (χ4n) is 2.95. The van der Waals surface area contributed by atoms with E-state index in [0.29, 0.717) is 32.5 Å². The standard InChI is InChI=1S/C17H26F3N3O2/c1-16(2,3)13-8-15(25)23(11-21-13)9-12-4-6-22(7-5-12)10-14(24)17(18,19)20/h8,11-12,14,24H,4-7,9-10H2,1-3H3. The summed E-state index contributed by atoms with van der Waals surface area (Å²) in [4.78, 5) is 18.2. The maximum absolute atomic E-state index is 12.4. The minimum Gasteiger partial charge on any atom is -0.382 e. The molecule has 0 aliphatic carbocycles. The molecule has 142 valence electrons. The van der Waals surface area contributed by atoms with E-state index in [9.17, 15) is 18.0 Å². The number of piperidine rings is 1. The van der Waals surface area contributed by atoms with Crippen molar-refractivity contribution in [2.24, 2.45) is 5.92 Å². The van der Waals surface area contributed by atoms with Crippen LogP contribution < -0.4 is 5.56 Å². The number of hydrogen-bond acceptors (Lipinski definition) is 4. The van der Waals surface area contributed by atoms with Crippen molar-refractivity contribution in [2.45, 2.75) is 57.9 Å². The molecule has 1 unspecified atom stereocenters. The summed E-state index contributed by atoms with van der Waals surface area (Å²) in [6.45, 7) is 7.07. The Morgan fingerprint density at radius 2 is 1.88 bits per heavy atom. The van der Waals surface area contributed by atoms with Crippen LogP contribution in [-0.4, -0.2) is 51.5 Å². The zero-order chi connectivity index (χ0) is 18.8. The van der Waals surface area contributed by atoms with E-state index in [2.05, 4.69) is 4.98 Å². The molecule has 2 heterocycles. The first kappa shape index (κ1) is 19.9. The van der Waals surface area contributed by atoms with E-state index in [-0.39, 0.29) is 16.9 Å². The number of halogens is 3. The van der Waals surface area contributed by atoms with Crippen LogP contribution in [0.4, 0.5) is 13.2 Å². The van der Waals surface area contributed by atoms with Gasteiger partial charge in [0.2, 0.25) is 0 Å². The summed E-state index contributed by atoms with van der Waals surface area (Å²) >= 11 is 0. The molecule has 0 radical (unpaired) electrons. The Morgan fingerprint density at radius 1 is 1.28 bits per heavy atom. The predicted molar refractivity (Wildman–Crippen MR) is 88.4 cm³/mol. The maximum Gasteiger partial charge on any atom is 0.415 e. The topological polar surface area (TPSA) is 58.4 Å². The molecule has 0 spiro atoms. The Hall–Kier alpha value is -1.41. The molecule has 0 saturated carbocycles. The molecule has 1 aromatic rings. The number of aliphatic hydroxyl groups excluding tert-OH is 1. The second kappa shape index (κ2) is 7.45. The van der Waals surface area contributed by atoms with Crippen molar-refractivity contribution in [3.05, 3.63) is 28.4 Å². The minimum absolute atomic E-state index is 0.102. The molecule has 1 N–H and O–H groups in total. The average molecular weight is 361 g/mol. The smallest absolute Gasteiger partial charge is 0.382 e. The van der Waals surface area contributed by atoms with Gasteiger partial charge in [0.15, 0.2) is 6.10 Å². The van der Waals surface area contributed by atoms with Gasteiger partial charge in [0.05, 0.1) is 12.0 Å². The van der Waals surface area contributed by atoms with Gasteiger partial charge in [0.25, 0.3) is 5.56 Å². The number of aromatic nitrogens is 2. The third-order valence-corrected chi connectivity index (χ3v) is 4.62. The monoisotopic (exact) mass is 361 g/mol. The molecular weight excluding hydrogens is 335 g/mol. The Morgan fingerprint density at radius 3 is 2.36 bits per heavy atom. The van der Waals surface area contributed by atoms with E-state index >= 15 is 0 Å². The molecule has 1 fully saturated rings. The van der Waals surface area contributed by atoms with Crippen molar-refractivity contribution in [1.29, 1.82) is 0 Å². The first-order valence-corrected chi connectivity index (χ1v) is 8.51. The number of nitrogens with zero attached hydrogens (tertiary/aromatic N) is 3. The zero-order valence-corrected chi connectivity index (χ0v) is 14.9. The molecule has 1 aliphatic heterocycles. The van der Waals surface area contributed by atoms with Gasteiger partial charge in [-0.1, -0.05) is 20.8 Å². The summed E-state index contributed by atoms with van der Waals surface area (Å²) in [6, 6.07) is 1.55. The van der Waals surface area contributed by atoms with Crippen molar-refractivity contribution >= 4 is 0 Å². The van der Waals surface area contributed by atoms with Crippen LogP contribution >= 0.6 is 0 Å². The number of hydrogen-bond donors (Lipinski definition) is 1.